The summed E-state index contributed by atoms with van der Waals surface area (Å²) in [5.41, 5.74) is 0. The van der Waals surface area contributed by atoms with E-state index in [-0.39, 0.29) is 18.5 Å². The quantitative estimate of drug-likeness (QED) is 0.0321. The standard InChI is InChI=1S/C59H113NO5/c1-3-5-7-9-11-13-15-16-17-18-19-20-21-22-23-24-25-28-32-35-39-43-47-51-57(62)56(55-61)60-58(63)52-48-44-40-36-33-29-26-27-30-34-38-42-46-50-54-65-59(64)53-49-45-41-37-31-14-12-10-8-6-4-2/h10,12,47,51,56-57,61-62H,3-9,11,13-46,48-50,52-55H2,1-2H3,(H,60,63)/b12-10-,51-47+. The Morgan fingerprint density at radius 3 is 1.14 bits per heavy atom. The molecule has 3 N–H and O–H groups in total. The smallest absolute Gasteiger partial charge is 0.305 e. The molecule has 0 aliphatic rings. The third-order valence-electron chi connectivity index (χ3n) is 13.5. The van der Waals surface area contributed by atoms with E-state index in [0.29, 0.717) is 19.4 Å². The minimum absolute atomic E-state index is 0.0141. The Bertz CT molecular complexity index is 1010. The van der Waals surface area contributed by atoms with Gasteiger partial charge in [-0.15, -0.1) is 0 Å². The fourth-order valence-corrected chi connectivity index (χ4v) is 8.97. The van der Waals surface area contributed by atoms with E-state index in [4.69, 9.17) is 4.74 Å². The Hall–Kier alpha value is -1.66. The molecule has 2 atom stereocenters. The molecule has 6 nitrogen and oxygen atoms in total. The van der Waals surface area contributed by atoms with Gasteiger partial charge in [0.25, 0.3) is 0 Å². The molecule has 6 heteroatoms. The zero-order valence-electron chi connectivity index (χ0n) is 43.7. The Morgan fingerprint density at radius 1 is 0.415 bits per heavy atom. The van der Waals surface area contributed by atoms with Crippen molar-refractivity contribution in [2.45, 2.75) is 328 Å². The van der Waals surface area contributed by atoms with Gasteiger partial charge in [-0.1, -0.05) is 276 Å². The molecule has 0 aliphatic heterocycles. The fraction of sp³-hybridized carbons (Fsp3) is 0.898. The molecule has 0 saturated heterocycles. The lowest BCUT2D eigenvalue weighted by atomic mass is 10.0. The minimum Gasteiger partial charge on any atom is -0.466 e. The summed E-state index contributed by atoms with van der Waals surface area (Å²) in [6.45, 7) is 4.86. The van der Waals surface area contributed by atoms with Gasteiger partial charge in [0.05, 0.1) is 25.4 Å². The van der Waals surface area contributed by atoms with Crippen molar-refractivity contribution in [2.24, 2.45) is 0 Å². The fourth-order valence-electron chi connectivity index (χ4n) is 8.97. The van der Waals surface area contributed by atoms with Gasteiger partial charge in [0.15, 0.2) is 0 Å². The van der Waals surface area contributed by atoms with Crippen LogP contribution in [0.15, 0.2) is 24.3 Å². The molecular formula is C59H113NO5. The molecular weight excluding hydrogens is 803 g/mol. The monoisotopic (exact) mass is 916 g/mol. The van der Waals surface area contributed by atoms with E-state index in [1.165, 1.54) is 231 Å². The van der Waals surface area contributed by atoms with E-state index >= 15 is 0 Å². The average Bonchev–Trinajstić information content (AvgIpc) is 3.31. The van der Waals surface area contributed by atoms with Gasteiger partial charge < -0.3 is 20.3 Å². The van der Waals surface area contributed by atoms with Crippen molar-refractivity contribution in [3.05, 3.63) is 24.3 Å². The summed E-state index contributed by atoms with van der Waals surface area (Å²) in [6, 6.07) is -0.637. The number of ether oxygens (including phenoxy) is 1. The predicted octanol–water partition coefficient (Wildman–Crippen LogP) is 17.9. The molecule has 0 bridgehead atoms. The van der Waals surface area contributed by atoms with Crippen LogP contribution in [0.2, 0.25) is 0 Å². The molecule has 0 radical (unpaired) electrons. The first-order valence-corrected chi connectivity index (χ1v) is 29.1. The normalized spacial score (nSPS) is 12.7. The Balaban J connectivity index is 3.48. The van der Waals surface area contributed by atoms with Crippen molar-refractivity contribution in [1.82, 2.24) is 5.32 Å². The molecule has 2 unspecified atom stereocenters. The lowest BCUT2D eigenvalue weighted by molar-refractivity contribution is -0.143. The zero-order chi connectivity index (χ0) is 47.2. The summed E-state index contributed by atoms with van der Waals surface area (Å²) in [7, 11) is 0. The zero-order valence-corrected chi connectivity index (χ0v) is 43.7. The highest BCUT2D eigenvalue weighted by Crippen LogP contribution is 2.17. The number of esters is 1. The molecule has 0 aliphatic carbocycles. The first-order chi connectivity index (χ1) is 32.0. The number of amides is 1. The number of hydrogen-bond donors (Lipinski definition) is 3. The second kappa shape index (κ2) is 54.9. The second-order valence-corrected chi connectivity index (χ2v) is 20.0. The molecule has 0 fully saturated rings. The van der Waals surface area contributed by atoms with E-state index in [2.05, 4.69) is 31.3 Å². The van der Waals surface area contributed by atoms with Crippen molar-refractivity contribution in [2.75, 3.05) is 13.2 Å². The molecule has 384 valence electrons. The summed E-state index contributed by atoms with van der Waals surface area (Å²) in [4.78, 5) is 24.5. The number of carbonyl (C=O) groups excluding carboxylic acids is 2. The van der Waals surface area contributed by atoms with E-state index in [1.54, 1.807) is 6.08 Å². The average molecular weight is 917 g/mol. The van der Waals surface area contributed by atoms with E-state index < -0.39 is 12.1 Å². The summed E-state index contributed by atoms with van der Waals surface area (Å²) >= 11 is 0. The maximum atomic E-state index is 12.5. The number of aliphatic hydroxyl groups is 2. The van der Waals surface area contributed by atoms with Gasteiger partial charge in [-0.25, -0.2) is 0 Å². The van der Waals surface area contributed by atoms with Gasteiger partial charge in [-0.2, -0.15) is 0 Å². The number of aliphatic hydroxyl groups excluding tert-OH is 2. The van der Waals surface area contributed by atoms with Crippen LogP contribution in [0.4, 0.5) is 0 Å². The molecule has 0 aromatic rings. The van der Waals surface area contributed by atoms with Crippen LogP contribution >= 0.6 is 0 Å². The van der Waals surface area contributed by atoms with E-state index in [1.807, 2.05) is 6.08 Å². The van der Waals surface area contributed by atoms with Crippen molar-refractivity contribution in [3.63, 3.8) is 0 Å². The van der Waals surface area contributed by atoms with Gasteiger partial charge in [0.2, 0.25) is 5.91 Å². The maximum absolute atomic E-state index is 12.5. The van der Waals surface area contributed by atoms with Crippen molar-refractivity contribution in [3.8, 4) is 0 Å². The molecule has 0 aromatic carbocycles. The summed E-state index contributed by atoms with van der Waals surface area (Å²) < 4.78 is 5.45. The second-order valence-electron chi connectivity index (χ2n) is 20.0. The number of rotatable bonds is 54. The van der Waals surface area contributed by atoms with Gasteiger partial charge in [0, 0.05) is 12.8 Å². The molecule has 0 spiro atoms. The summed E-state index contributed by atoms with van der Waals surface area (Å²) in [5, 5.41) is 23.2. The third kappa shape index (κ3) is 51.6. The number of unbranched alkanes of at least 4 members (excludes halogenated alkanes) is 41. The lowest BCUT2D eigenvalue weighted by Gasteiger charge is -2.20. The lowest BCUT2D eigenvalue weighted by Crippen LogP contribution is -2.45. The van der Waals surface area contributed by atoms with Crippen LogP contribution in [0, 0.1) is 0 Å². The molecule has 1 amide bonds. The number of hydrogen-bond acceptors (Lipinski definition) is 5. The topological polar surface area (TPSA) is 95.9 Å². The van der Waals surface area contributed by atoms with E-state index in [9.17, 15) is 19.8 Å². The largest absolute Gasteiger partial charge is 0.466 e. The molecule has 0 aromatic heterocycles. The molecule has 0 saturated carbocycles. The van der Waals surface area contributed by atoms with Crippen LogP contribution in [0.3, 0.4) is 0 Å². The van der Waals surface area contributed by atoms with Gasteiger partial charge in [0.1, 0.15) is 0 Å². The van der Waals surface area contributed by atoms with Crippen LogP contribution < -0.4 is 5.32 Å². The highest BCUT2D eigenvalue weighted by molar-refractivity contribution is 5.76. The Morgan fingerprint density at radius 2 is 0.738 bits per heavy atom. The third-order valence-corrected chi connectivity index (χ3v) is 13.5. The van der Waals surface area contributed by atoms with Crippen LogP contribution in [-0.2, 0) is 14.3 Å². The maximum Gasteiger partial charge on any atom is 0.305 e. The first-order valence-electron chi connectivity index (χ1n) is 29.1. The van der Waals surface area contributed by atoms with Crippen molar-refractivity contribution in [1.29, 1.82) is 0 Å². The van der Waals surface area contributed by atoms with Crippen LogP contribution in [-0.4, -0.2) is 47.4 Å². The van der Waals surface area contributed by atoms with E-state index in [0.717, 1.165) is 57.8 Å². The summed E-state index contributed by atoms with van der Waals surface area (Å²) in [6.07, 6.45) is 66.3. The van der Waals surface area contributed by atoms with Crippen LogP contribution in [0.25, 0.3) is 0 Å². The van der Waals surface area contributed by atoms with Crippen molar-refractivity contribution < 1.29 is 24.5 Å². The predicted molar refractivity (Wildman–Crippen MR) is 283 cm³/mol. The van der Waals surface area contributed by atoms with Crippen LogP contribution in [0.5, 0.6) is 0 Å². The van der Waals surface area contributed by atoms with Crippen LogP contribution in [0.1, 0.15) is 316 Å². The van der Waals surface area contributed by atoms with Gasteiger partial charge in [-0.05, 0) is 51.4 Å². The summed E-state index contributed by atoms with van der Waals surface area (Å²) in [5.74, 6) is -0.0901. The van der Waals surface area contributed by atoms with Gasteiger partial charge in [-0.3, -0.25) is 9.59 Å². The highest BCUT2D eigenvalue weighted by Gasteiger charge is 2.18. The first kappa shape index (κ1) is 63.3. The highest BCUT2D eigenvalue weighted by atomic mass is 16.5. The Kier molecular flexibility index (Phi) is 53.5. The number of carbonyl (C=O) groups is 2. The molecule has 65 heavy (non-hydrogen) atoms. The Labute approximate surface area is 405 Å². The van der Waals surface area contributed by atoms with Gasteiger partial charge >= 0.3 is 5.97 Å². The SMILES string of the molecule is CCCC/C=C\CCCCCCCC(=O)OCCCCCCCCCCCCCCCCC(=O)NC(CO)C(O)/C=C/CCCCCCCCCCCCCCCCCCCCCCC. The molecule has 0 rings (SSSR count). The number of allylic oxidation sites excluding steroid dienone is 3. The number of nitrogens with one attached hydrogen (secondary N) is 1. The minimum atomic E-state index is -0.852. The molecule has 0 heterocycles. The van der Waals surface area contributed by atoms with Crippen molar-refractivity contribution >= 4 is 11.9 Å².